The average Bonchev–Trinajstić information content (AvgIpc) is 2.43. The molecule has 1 rings (SSSR count). The van der Waals surface area contributed by atoms with Crippen LogP contribution >= 0.6 is 0 Å². The number of nitrogens with one attached hydrogen (secondary N) is 1. The standard InChI is InChI=1S/C12H25NO2S/c1-5-13-11(8-12(2,3)4)10-6-7-16(14,15)9-10/h10-11,13H,5-9H2,1-4H3. The first-order valence-electron chi connectivity index (χ1n) is 6.17. The largest absolute Gasteiger partial charge is 0.314 e. The number of hydrogen-bond donors (Lipinski definition) is 1. The van der Waals surface area contributed by atoms with Gasteiger partial charge in [0.25, 0.3) is 0 Å². The Labute approximate surface area is 99.9 Å². The van der Waals surface area contributed by atoms with E-state index in [-0.39, 0.29) is 5.41 Å². The van der Waals surface area contributed by atoms with Crippen molar-refractivity contribution in [1.82, 2.24) is 5.32 Å². The molecule has 1 N–H and O–H groups in total. The highest BCUT2D eigenvalue weighted by molar-refractivity contribution is 7.91. The molecule has 16 heavy (non-hydrogen) atoms. The third-order valence-corrected chi connectivity index (χ3v) is 4.93. The number of sulfone groups is 1. The summed E-state index contributed by atoms with van der Waals surface area (Å²) in [6.07, 6.45) is 1.87. The summed E-state index contributed by atoms with van der Waals surface area (Å²) < 4.78 is 23.0. The molecule has 4 heteroatoms. The SMILES string of the molecule is CCNC(CC(C)(C)C)C1CCS(=O)(=O)C1. The van der Waals surface area contributed by atoms with Crippen molar-refractivity contribution in [2.24, 2.45) is 11.3 Å². The topological polar surface area (TPSA) is 46.2 Å². The van der Waals surface area contributed by atoms with Gasteiger partial charge in [-0.15, -0.1) is 0 Å². The second-order valence-corrected chi connectivity index (χ2v) is 8.32. The lowest BCUT2D eigenvalue weighted by Gasteiger charge is -2.30. The molecule has 1 heterocycles. The molecule has 3 nitrogen and oxygen atoms in total. The van der Waals surface area contributed by atoms with Gasteiger partial charge >= 0.3 is 0 Å². The maximum Gasteiger partial charge on any atom is 0.150 e. The summed E-state index contributed by atoms with van der Waals surface area (Å²) in [7, 11) is -2.75. The maximum absolute atomic E-state index is 11.5. The summed E-state index contributed by atoms with van der Waals surface area (Å²) in [5.74, 6) is 1.06. The predicted molar refractivity (Wildman–Crippen MR) is 68.3 cm³/mol. The van der Waals surface area contributed by atoms with Crippen LogP contribution in [0, 0.1) is 11.3 Å². The zero-order valence-corrected chi connectivity index (χ0v) is 11.7. The van der Waals surface area contributed by atoms with E-state index < -0.39 is 9.84 Å². The molecule has 1 aliphatic heterocycles. The van der Waals surface area contributed by atoms with E-state index in [4.69, 9.17) is 0 Å². The van der Waals surface area contributed by atoms with Crippen LogP contribution in [0.4, 0.5) is 0 Å². The normalized spacial score (nSPS) is 26.9. The van der Waals surface area contributed by atoms with Gasteiger partial charge < -0.3 is 5.32 Å². The Kier molecular flexibility index (Phi) is 4.41. The molecule has 96 valence electrons. The Bertz CT molecular complexity index is 316. The van der Waals surface area contributed by atoms with Gasteiger partial charge in [-0.1, -0.05) is 27.7 Å². The minimum atomic E-state index is -2.75. The van der Waals surface area contributed by atoms with Gasteiger partial charge in [0.1, 0.15) is 0 Å². The minimum Gasteiger partial charge on any atom is -0.314 e. The van der Waals surface area contributed by atoms with Crippen molar-refractivity contribution < 1.29 is 8.42 Å². The smallest absolute Gasteiger partial charge is 0.150 e. The summed E-state index contributed by atoms with van der Waals surface area (Å²) in [6.45, 7) is 9.62. The molecule has 0 radical (unpaired) electrons. The van der Waals surface area contributed by atoms with Gasteiger partial charge in [-0.2, -0.15) is 0 Å². The fourth-order valence-corrected chi connectivity index (χ4v) is 4.35. The Morgan fingerprint density at radius 3 is 2.38 bits per heavy atom. The zero-order valence-electron chi connectivity index (χ0n) is 10.9. The van der Waals surface area contributed by atoms with Gasteiger partial charge in [0.2, 0.25) is 0 Å². The van der Waals surface area contributed by atoms with Crippen molar-refractivity contribution in [3.05, 3.63) is 0 Å². The van der Waals surface area contributed by atoms with E-state index in [1.807, 2.05) is 0 Å². The monoisotopic (exact) mass is 247 g/mol. The third kappa shape index (κ3) is 4.42. The molecule has 0 saturated carbocycles. The van der Waals surface area contributed by atoms with E-state index in [1.165, 1.54) is 0 Å². The molecule has 0 aliphatic carbocycles. The molecule has 0 bridgehead atoms. The van der Waals surface area contributed by atoms with Gasteiger partial charge in [0.15, 0.2) is 9.84 Å². The first-order valence-corrected chi connectivity index (χ1v) is 7.99. The van der Waals surface area contributed by atoms with E-state index >= 15 is 0 Å². The van der Waals surface area contributed by atoms with Crippen molar-refractivity contribution in [3.8, 4) is 0 Å². The summed E-state index contributed by atoms with van der Waals surface area (Å²) >= 11 is 0. The van der Waals surface area contributed by atoms with Crippen LogP contribution in [0.5, 0.6) is 0 Å². The van der Waals surface area contributed by atoms with Crippen molar-refractivity contribution in [3.63, 3.8) is 0 Å². The molecule has 2 atom stereocenters. The Morgan fingerprint density at radius 2 is 2.00 bits per heavy atom. The van der Waals surface area contributed by atoms with Crippen LogP contribution < -0.4 is 5.32 Å². The van der Waals surface area contributed by atoms with Crippen molar-refractivity contribution in [2.45, 2.75) is 46.6 Å². The molecular formula is C12H25NO2S. The van der Waals surface area contributed by atoms with E-state index in [0.717, 1.165) is 19.4 Å². The molecule has 1 fully saturated rings. The molecule has 0 amide bonds. The molecule has 1 aliphatic rings. The molecule has 0 aromatic carbocycles. The number of rotatable bonds is 4. The lowest BCUT2D eigenvalue weighted by atomic mass is 9.83. The summed E-state index contributed by atoms with van der Waals surface area (Å²) in [6, 6.07) is 0.349. The van der Waals surface area contributed by atoms with Crippen LogP contribution in [-0.4, -0.2) is 32.5 Å². The van der Waals surface area contributed by atoms with Crippen molar-refractivity contribution >= 4 is 9.84 Å². The highest BCUT2D eigenvalue weighted by atomic mass is 32.2. The molecule has 0 spiro atoms. The third-order valence-electron chi connectivity index (χ3n) is 3.14. The highest BCUT2D eigenvalue weighted by Crippen LogP contribution is 2.29. The van der Waals surface area contributed by atoms with Crippen LogP contribution in [-0.2, 0) is 9.84 Å². The fourth-order valence-electron chi connectivity index (χ4n) is 2.47. The van der Waals surface area contributed by atoms with Crippen LogP contribution in [0.1, 0.15) is 40.5 Å². The van der Waals surface area contributed by atoms with Crippen LogP contribution in [0.2, 0.25) is 0 Å². The van der Waals surface area contributed by atoms with Gasteiger partial charge in [-0.25, -0.2) is 8.42 Å². The molecule has 0 aromatic rings. The summed E-state index contributed by atoms with van der Waals surface area (Å²) in [5.41, 5.74) is 0.249. The van der Waals surface area contributed by atoms with Crippen LogP contribution in [0.3, 0.4) is 0 Å². The van der Waals surface area contributed by atoms with Gasteiger partial charge in [0, 0.05) is 6.04 Å². The average molecular weight is 247 g/mol. The lowest BCUT2D eigenvalue weighted by Crippen LogP contribution is -2.39. The second kappa shape index (κ2) is 5.05. The Morgan fingerprint density at radius 1 is 1.38 bits per heavy atom. The van der Waals surface area contributed by atoms with Gasteiger partial charge in [-0.05, 0) is 30.7 Å². The molecular weight excluding hydrogens is 222 g/mol. The van der Waals surface area contributed by atoms with E-state index in [0.29, 0.717) is 23.5 Å². The second-order valence-electron chi connectivity index (χ2n) is 6.09. The van der Waals surface area contributed by atoms with Gasteiger partial charge in [0.05, 0.1) is 11.5 Å². The Hall–Kier alpha value is -0.0900. The molecule has 1 saturated heterocycles. The van der Waals surface area contributed by atoms with E-state index in [9.17, 15) is 8.42 Å². The minimum absolute atomic E-state index is 0.249. The van der Waals surface area contributed by atoms with E-state index in [1.54, 1.807) is 0 Å². The Balaban J connectivity index is 2.64. The number of hydrogen-bond acceptors (Lipinski definition) is 3. The summed E-state index contributed by atoms with van der Waals surface area (Å²) in [5, 5.41) is 3.45. The van der Waals surface area contributed by atoms with Gasteiger partial charge in [-0.3, -0.25) is 0 Å². The fraction of sp³-hybridized carbons (Fsp3) is 1.00. The lowest BCUT2D eigenvalue weighted by molar-refractivity contribution is 0.260. The first-order chi connectivity index (χ1) is 7.23. The molecule has 2 unspecified atom stereocenters. The van der Waals surface area contributed by atoms with E-state index in [2.05, 4.69) is 33.0 Å². The van der Waals surface area contributed by atoms with Crippen LogP contribution in [0.25, 0.3) is 0 Å². The predicted octanol–water partition coefficient (Wildman–Crippen LogP) is 1.84. The maximum atomic E-state index is 11.5. The zero-order chi connectivity index (χ0) is 12.4. The highest BCUT2D eigenvalue weighted by Gasteiger charge is 2.34. The van der Waals surface area contributed by atoms with Crippen LogP contribution in [0.15, 0.2) is 0 Å². The van der Waals surface area contributed by atoms with Crippen molar-refractivity contribution in [2.75, 3.05) is 18.1 Å². The molecule has 0 aromatic heterocycles. The van der Waals surface area contributed by atoms with Crippen molar-refractivity contribution in [1.29, 1.82) is 0 Å². The quantitative estimate of drug-likeness (QED) is 0.824. The summed E-state index contributed by atoms with van der Waals surface area (Å²) in [4.78, 5) is 0. The first kappa shape index (κ1) is 14.0.